The monoisotopic (exact) mass is 189 g/mol. The summed E-state index contributed by atoms with van der Waals surface area (Å²) in [5, 5.41) is 0. The zero-order valence-corrected chi connectivity index (χ0v) is 8.87. The molecule has 2 nitrogen and oxygen atoms in total. The van der Waals surface area contributed by atoms with Gasteiger partial charge in [0, 0.05) is 19.7 Å². The van der Waals surface area contributed by atoms with Crippen LogP contribution in [-0.4, -0.2) is 10.4 Å². The molecule has 1 aromatic rings. The molecule has 0 aliphatic heterocycles. The molecule has 0 aromatic carbocycles. The Bertz CT molecular complexity index is 412. The smallest absolute Gasteiger partial charge is 0.176 e. The standard InChI is InChI=1S/C12H15NO/c1-8-4-5-10-7-11(9(2)14)13(3)12(10)6-8/h4-5,7-8H,6H2,1-3H3. The van der Waals surface area contributed by atoms with Gasteiger partial charge in [0.2, 0.25) is 0 Å². The van der Waals surface area contributed by atoms with Crippen LogP contribution in [0.2, 0.25) is 0 Å². The van der Waals surface area contributed by atoms with Crippen molar-refractivity contribution in [1.82, 2.24) is 4.57 Å². The molecule has 1 heterocycles. The van der Waals surface area contributed by atoms with Crippen molar-refractivity contribution in [3.8, 4) is 0 Å². The van der Waals surface area contributed by atoms with E-state index in [0.29, 0.717) is 5.92 Å². The average molecular weight is 189 g/mol. The highest BCUT2D eigenvalue weighted by Crippen LogP contribution is 2.25. The van der Waals surface area contributed by atoms with Gasteiger partial charge in [0.1, 0.15) is 0 Å². The maximum absolute atomic E-state index is 11.3. The van der Waals surface area contributed by atoms with Crippen molar-refractivity contribution in [1.29, 1.82) is 0 Å². The molecule has 0 fully saturated rings. The molecule has 0 N–H and O–H groups in total. The first-order valence-corrected chi connectivity index (χ1v) is 4.97. The Morgan fingerprint density at radius 2 is 2.29 bits per heavy atom. The highest BCUT2D eigenvalue weighted by atomic mass is 16.1. The summed E-state index contributed by atoms with van der Waals surface area (Å²) >= 11 is 0. The van der Waals surface area contributed by atoms with E-state index in [4.69, 9.17) is 0 Å². The van der Waals surface area contributed by atoms with Gasteiger partial charge >= 0.3 is 0 Å². The third-order valence-corrected chi connectivity index (χ3v) is 2.87. The fraction of sp³-hybridized carbons (Fsp3) is 0.417. The van der Waals surface area contributed by atoms with Gasteiger partial charge in [-0.15, -0.1) is 0 Å². The van der Waals surface area contributed by atoms with Crippen molar-refractivity contribution < 1.29 is 4.79 Å². The van der Waals surface area contributed by atoms with Crippen LogP contribution in [0.25, 0.3) is 6.08 Å². The highest BCUT2D eigenvalue weighted by Gasteiger charge is 2.17. The zero-order valence-electron chi connectivity index (χ0n) is 8.87. The number of carbonyl (C=O) groups excluding carboxylic acids is 1. The quantitative estimate of drug-likeness (QED) is 0.622. The number of carbonyl (C=O) groups is 1. The SMILES string of the molecule is CC(=O)c1cc2c(n1C)CC(C)C=C2. The number of hydrogen-bond acceptors (Lipinski definition) is 1. The number of allylic oxidation sites excluding steroid dienone is 1. The van der Waals surface area contributed by atoms with Crippen molar-refractivity contribution in [2.45, 2.75) is 20.3 Å². The van der Waals surface area contributed by atoms with E-state index < -0.39 is 0 Å². The van der Waals surface area contributed by atoms with Crippen LogP contribution >= 0.6 is 0 Å². The predicted molar refractivity (Wildman–Crippen MR) is 57.3 cm³/mol. The van der Waals surface area contributed by atoms with Crippen LogP contribution in [-0.2, 0) is 13.5 Å². The number of fused-ring (bicyclic) bond motifs is 1. The number of nitrogens with zero attached hydrogens (tertiary/aromatic N) is 1. The maximum Gasteiger partial charge on any atom is 0.176 e. The molecule has 0 saturated carbocycles. The first kappa shape index (κ1) is 9.25. The summed E-state index contributed by atoms with van der Waals surface area (Å²) < 4.78 is 2.03. The minimum absolute atomic E-state index is 0.142. The lowest BCUT2D eigenvalue weighted by Gasteiger charge is -2.14. The number of aromatic nitrogens is 1. The molecule has 0 bridgehead atoms. The zero-order chi connectivity index (χ0) is 10.3. The highest BCUT2D eigenvalue weighted by molar-refractivity contribution is 5.93. The third kappa shape index (κ3) is 1.31. The van der Waals surface area contributed by atoms with Crippen LogP contribution in [0.4, 0.5) is 0 Å². The normalized spacial score (nSPS) is 19.5. The lowest BCUT2D eigenvalue weighted by Crippen LogP contribution is -2.09. The van der Waals surface area contributed by atoms with Gasteiger partial charge < -0.3 is 4.57 Å². The van der Waals surface area contributed by atoms with Gasteiger partial charge in [0.05, 0.1) is 5.69 Å². The van der Waals surface area contributed by atoms with Crippen LogP contribution in [0.5, 0.6) is 0 Å². The van der Waals surface area contributed by atoms with Crippen LogP contribution < -0.4 is 0 Å². The molecule has 1 atom stereocenters. The molecule has 0 radical (unpaired) electrons. The van der Waals surface area contributed by atoms with E-state index >= 15 is 0 Å². The number of ketones is 1. The predicted octanol–water partition coefficient (Wildman–Crippen LogP) is 2.43. The summed E-state index contributed by atoms with van der Waals surface area (Å²) in [6, 6.07) is 1.99. The van der Waals surface area contributed by atoms with Gasteiger partial charge in [-0.1, -0.05) is 19.1 Å². The van der Waals surface area contributed by atoms with Crippen molar-refractivity contribution in [2.75, 3.05) is 0 Å². The van der Waals surface area contributed by atoms with Crippen molar-refractivity contribution >= 4 is 11.9 Å². The summed E-state index contributed by atoms with van der Waals surface area (Å²) in [7, 11) is 1.97. The first-order chi connectivity index (χ1) is 6.59. The van der Waals surface area contributed by atoms with E-state index in [1.807, 2.05) is 17.7 Å². The molecule has 1 aromatic heterocycles. The second-order valence-electron chi connectivity index (χ2n) is 4.09. The molecule has 1 aliphatic rings. The molecule has 1 unspecified atom stereocenters. The summed E-state index contributed by atoms with van der Waals surface area (Å²) in [4.78, 5) is 11.3. The van der Waals surface area contributed by atoms with E-state index in [9.17, 15) is 4.79 Å². The molecule has 0 amide bonds. The van der Waals surface area contributed by atoms with E-state index in [-0.39, 0.29) is 5.78 Å². The summed E-state index contributed by atoms with van der Waals surface area (Å²) in [5.41, 5.74) is 3.30. The number of Topliss-reactive ketones (excluding diaryl/α,β-unsaturated/α-hetero) is 1. The van der Waals surface area contributed by atoms with E-state index in [2.05, 4.69) is 19.1 Å². The second-order valence-corrected chi connectivity index (χ2v) is 4.09. The Kier molecular flexibility index (Phi) is 2.06. The van der Waals surface area contributed by atoms with Crippen molar-refractivity contribution in [2.24, 2.45) is 13.0 Å². The first-order valence-electron chi connectivity index (χ1n) is 4.97. The molecule has 1 aliphatic carbocycles. The average Bonchev–Trinajstić information content (AvgIpc) is 2.44. The molecular weight excluding hydrogens is 174 g/mol. The van der Waals surface area contributed by atoms with E-state index in [1.54, 1.807) is 6.92 Å². The van der Waals surface area contributed by atoms with E-state index in [1.165, 1.54) is 11.3 Å². The summed E-state index contributed by atoms with van der Waals surface area (Å²) in [6.07, 6.45) is 5.36. The minimum atomic E-state index is 0.142. The van der Waals surface area contributed by atoms with Crippen LogP contribution in [0.15, 0.2) is 12.1 Å². The lowest BCUT2D eigenvalue weighted by atomic mass is 9.96. The minimum Gasteiger partial charge on any atom is -0.345 e. The van der Waals surface area contributed by atoms with Gasteiger partial charge in [0.15, 0.2) is 5.78 Å². The molecule has 0 spiro atoms. The molecule has 2 rings (SSSR count). The summed E-state index contributed by atoms with van der Waals surface area (Å²) in [6.45, 7) is 3.81. The summed E-state index contributed by atoms with van der Waals surface area (Å²) in [5.74, 6) is 0.721. The molecule has 0 saturated heterocycles. The Morgan fingerprint density at radius 1 is 1.57 bits per heavy atom. The van der Waals surface area contributed by atoms with Crippen LogP contribution in [0.1, 0.15) is 35.6 Å². The Labute approximate surface area is 84.2 Å². The van der Waals surface area contributed by atoms with Gasteiger partial charge in [0.25, 0.3) is 0 Å². The fourth-order valence-electron chi connectivity index (χ4n) is 2.04. The second kappa shape index (κ2) is 3.12. The van der Waals surface area contributed by atoms with Crippen molar-refractivity contribution in [3.63, 3.8) is 0 Å². The van der Waals surface area contributed by atoms with Crippen LogP contribution in [0.3, 0.4) is 0 Å². The Morgan fingerprint density at radius 3 is 2.93 bits per heavy atom. The lowest BCUT2D eigenvalue weighted by molar-refractivity contribution is 0.101. The Balaban J connectivity index is 2.53. The van der Waals surface area contributed by atoms with Gasteiger partial charge in [-0.2, -0.15) is 0 Å². The van der Waals surface area contributed by atoms with Gasteiger partial charge in [-0.3, -0.25) is 4.79 Å². The molecule has 74 valence electrons. The van der Waals surface area contributed by atoms with Gasteiger partial charge in [-0.05, 0) is 24.0 Å². The molecule has 2 heteroatoms. The largest absolute Gasteiger partial charge is 0.345 e. The van der Waals surface area contributed by atoms with Crippen molar-refractivity contribution in [3.05, 3.63) is 29.1 Å². The Hall–Kier alpha value is -1.31. The molecular formula is C12H15NO. The van der Waals surface area contributed by atoms with Crippen LogP contribution in [0, 0.1) is 5.92 Å². The van der Waals surface area contributed by atoms with Gasteiger partial charge in [-0.25, -0.2) is 0 Å². The number of rotatable bonds is 1. The molecule has 14 heavy (non-hydrogen) atoms. The number of hydrogen-bond donors (Lipinski definition) is 0. The third-order valence-electron chi connectivity index (χ3n) is 2.87. The fourth-order valence-corrected chi connectivity index (χ4v) is 2.04. The maximum atomic E-state index is 11.3. The van der Waals surface area contributed by atoms with E-state index in [0.717, 1.165) is 12.1 Å². The topological polar surface area (TPSA) is 22.0 Å².